The molecule has 19 heavy (non-hydrogen) atoms. The van der Waals surface area contributed by atoms with E-state index in [1.807, 2.05) is 7.05 Å². The van der Waals surface area contributed by atoms with Crippen LogP contribution in [0.15, 0.2) is 6.33 Å². The number of rotatable bonds is 5. The van der Waals surface area contributed by atoms with E-state index in [1.165, 1.54) is 20.9 Å². The molecule has 0 aromatic carbocycles. The number of carbonyl (C=O) groups is 2. The summed E-state index contributed by atoms with van der Waals surface area (Å²) >= 11 is 0. The third-order valence-corrected chi connectivity index (χ3v) is 3.10. The molecule has 0 spiro atoms. The van der Waals surface area contributed by atoms with Gasteiger partial charge in [0.05, 0.1) is 0 Å². The van der Waals surface area contributed by atoms with Gasteiger partial charge < -0.3 is 19.9 Å². The fourth-order valence-corrected chi connectivity index (χ4v) is 1.33. The third kappa shape index (κ3) is 3.43. The van der Waals surface area contributed by atoms with E-state index < -0.39 is 17.5 Å². The van der Waals surface area contributed by atoms with E-state index in [2.05, 4.69) is 15.5 Å². The van der Waals surface area contributed by atoms with Gasteiger partial charge in [0.2, 0.25) is 0 Å². The topological polar surface area (TPSA) is 100 Å². The maximum atomic E-state index is 11.8. The summed E-state index contributed by atoms with van der Waals surface area (Å²) in [6.07, 6.45) is 2.11. The molecule has 1 rings (SSSR count). The molecule has 2 amide bonds. The van der Waals surface area contributed by atoms with E-state index in [9.17, 15) is 9.59 Å². The van der Waals surface area contributed by atoms with Crippen molar-refractivity contribution in [2.75, 3.05) is 13.6 Å². The van der Waals surface area contributed by atoms with E-state index >= 15 is 0 Å². The van der Waals surface area contributed by atoms with E-state index in [0.29, 0.717) is 13.0 Å². The van der Waals surface area contributed by atoms with Crippen LogP contribution in [0.5, 0.6) is 0 Å². The lowest BCUT2D eigenvalue weighted by atomic mass is 10.1. The van der Waals surface area contributed by atoms with Crippen LogP contribution in [-0.2, 0) is 18.3 Å². The van der Waals surface area contributed by atoms with Gasteiger partial charge in [0, 0.05) is 27.1 Å². The van der Waals surface area contributed by atoms with Crippen LogP contribution in [0.2, 0.25) is 0 Å². The number of aromatic nitrogens is 3. The van der Waals surface area contributed by atoms with Crippen molar-refractivity contribution in [1.29, 1.82) is 0 Å². The fraction of sp³-hybridized carbons (Fsp3) is 0.636. The molecule has 8 nitrogen and oxygen atoms in total. The van der Waals surface area contributed by atoms with Gasteiger partial charge in [0.1, 0.15) is 17.7 Å². The second kappa shape index (κ2) is 5.68. The lowest BCUT2D eigenvalue weighted by molar-refractivity contribution is -0.146. The monoisotopic (exact) mass is 269 g/mol. The van der Waals surface area contributed by atoms with Crippen molar-refractivity contribution in [2.45, 2.75) is 25.8 Å². The van der Waals surface area contributed by atoms with Gasteiger partial charge in [-0.25, -0.2) is 9.59 Å². The Morgan fingerprint density at radius 3 is 2.63 bits per heavy atom. The minimum absolute atomic E-state index is 0.366. The highest BCUT2D eigenvalue weighted by Crippen LogP contribution is 2.12. The molecule has 8 heteroatoms. The van der Waals surface area contributed by atoms with Gasteiger partial charge in [-0.15, -0.1) is 10.2 Å². The molecule has 2 N–H and O–H groups in total. The first kappa shape index (κ1) is 14.9. The van der Waals surface area contributed by atoms with Gasteiger partial charge in [-0.1, -0.05) is 0 Å². The normalized spacial score (nSPS) is 11.2. The van der Waals surface area contributed by atoms with Gasteiger partial charge in [0.25, 0.3) is 0 Å². The molecular formula is C11H19N5O3. The van der Waals surface area contributed by atoms with Gasteiger partial charge in [0.15, 0.2) is 0 Å². The molecule has 1 aromatic heterocycles. The first-order chi connectivity index (χ1) is 8.76. The molecule has 0 aliphatic heterocycles. The zero-order chi connectivity index (χ0) is 14.6. The summed E-state index contributed by atoms with van der Waals surface area (Å²) in [5.74, 6) is -0.307. The third-order valence-electron chi connectivity index (χ3n) is 3.10. The summed E-state index contributed by atoms with van der Waals surface area (Å²) in [5.41, 5.74) is -1.26. The number of nitrogens with one attached hydrogen (secondary N) is 1. The van der Waals surface area contributed by atoms with Gasteiger partial charge >= 0.3 is 12.0 Å². The first-order valence-electron chi connectivity index (χ1n) is 5.84. The predicted molar refractivity (Wildman–Crippen MR) is 67.6 cm³/mol. The van der Waals surface area contributed by atoms with Crippen molar-refractivity contribution in [3.63, 3.8) is 0 Å². The van der Waals surface area contributed by atoms with Crippen LogP contribution < -0.4 is 5.32 Å². The van der Waals surface area contributed by atoms with E-state index in [-0.39, 0.29) is 0 Å². The van der Waals surface area contributed by atoms with Crippen LogP contribution in [0, 0.1) is 0 Å². The lowest BCUT2D eigenvalue weighted by Crippen LogP contribution is -2.54. The highest BCUT2D eigenvalue weighted by molar-refractivity contribution is 5.85. The number of urea groups is 1. The molecule has 106 valence electrons. The molecule has 0 aliphatic rings. The van der Waals surface area contributed by atoms with Gasteiger partial charge in [-0.05, 0) is 13.8 Å². The molecule has 0 atom stereocenters. The van der Waals surface area contributed by atoms with Crippen molar-refractivity contribution in [3.8, 4) is 0 Å². The molecular weight excluding hydrogens is 250 g/mol. The second-order valence-corrected chi connectivity index (χ2v) is 4.76. The van der Waals surface area contributed by atoms with E-state index in [0.717, 1.165) is 10.7 Å². The van der Waals surface area contributed by atoms with Crippen LogP contribution in [0.4, 0.5) is 4.79 Å². The summed E-state index contributed by atoms with van der Waals surface area (Å²) in [5, 5.41) is 19.3. The molecule has 0 fully saturated rings. The van der Waals surface area contributed by atoms with E-state index in [4.69, 9.17) is 5.11 Å². The van der Waals surface area contributed by atoms with Crippen molar-refractivity contribution >= 4 is 12.0 Å². The molecule has 0 radical (unpaired) electrons. The quantitative estimate of drug-likeness (QED) is 0.775. The summed E-state index contributed by atoms with van der Waals surface area (Å²) in [4.78, 5) is 24.0. The molecule has 0 unspecified atom stereocenters. The molecule has 1 heterocycles. The fourth-order valence-electron chi connectivity index (χ4n) is 1.33. The standard InChI is InChI=1S/C11H19N5O3/c1-11(2,9(17)18)16(4)10(19)12-6-5-8-14-13-7-15(8)3/h7H,5-6H2,1-4H3,(H,12,19)(H,17,18). The highest BCUT2D eigenvalue weighted by Gasteiger charge is 2.35. The predicted octanol–water partition coefficient (Wildman–Crippen LogP) is -0.138. The average Bonchev–Trinajstić information content (AvgIpc) is 2.73. The SMILES string of the molecule is CN(C(=O)NCCc1nncn1C)C(C)(C)C(=O)O. The number of aliphatic carboxylic acids is 1. The molecule has 0 saturated heterocycles. The minimum Gasteiger partial charge on any atom is -0.480 e. The average molecular weight is 269 g/mol. The number of amides is 2. The second-order valence-electron chi connectivity index (χ2n) is 4.76. The van der Waals surface area contributed by atoms with Crippen molar-refractivity contribution in [2.24, 2.45) is 7.05 Å². The van der Waals surface area contributed by atoms with Crippen LogP contribution in [0.25, 0.3) is 0 Å². The minimum atomic E-state index is -1.26. The Labute approximate surface area is 111 Å². The Morgan fingerprint density at radius 2 is 2.16 bits per heavy atom. The van der Waals surface area contributed by atoms with Gasteiger partial charge in [-0.3, -0.25) is 0 Å². The molecule has 1 aromatic rings. The maximum Gasteiger partial charge on any atom is 0.329 e. The summed E-state index contributed by atoms with van der Waals surface area (Å²) in [6, 6.07) is -0.436. The highest BCUT2D eigenvalue weighted by atomic mass is 16.4. The van der Waals surface area contributed by atoms with E-state index in [1.54, 1.807) is 10.9 Å². The Bertz CT molecular complexity index is 469. The summed E-state index contributed by atoms with van der Waals surface area (Å²) in [6.45, 7) is 3.31. The molecule has 0 saturated carbocycles. The maximum absolute atomic E-state index is 11.8. The largest absolute Gasteiger partial charge is 0.480 e. The number of hydrogen-bond acceptors (Lipinski definition) is 4. The van der Waals surface area contributed by atoms with Crippen LogP contribution >= 0.6 is 0 Å². The number of hydrogen-bond donors (Lipinski definition) is 2. The number of aryl methyl sites for hydroxylation is 1. The number of nitrogens with zero attached hydrogens (tertiary/aromatic N) is 4. The summed E-state index contributed by atoms with van der Waals surface area (Å²) in [7, 11) is 3.27. The number of likely N-dealkylation sites (N-methyl/N-ethyl adjacent to an activating group) is 1. The Morgan fingerprint density at radius 1 is 1.53 bits per heavy atom. The van der Waals surface area contributed by atoms with Crippen molar-refractivity contribution in [3.05, 3.63) is 12.2 Å². The van der Waals surface area contributed by atoms with Crippen molar-refractivity contribution in [1.82, 2.24) is 25.0 Å². The number of carboxylic acids is 1. The summed E-state index contributed by atoms with van der Waals surface area (Å²) < 4.78 is 1.76. The smallest absolute Gasteiger partial charge is 0.329 e. The van der Waals surface area contributed by atoms with Gasteiger partial charge in [-0.2, -0.15) is 0 Å². The van der Waals surface area contributed by atoms with Crippen LogP contribution in [0.3, 0.4) is 0 Å². The lowest BCUT2D eigenvalue weighted by Gasteiger charge is -2.31. The van der Waals surface area contributed by atoms with Crippen molar-refractivity contribution < 1.29 is 14.7 Å². The van der Waals surface area contributed by atoms with Crippen LogP contribution in [-0.4, -0.2) is 55.9 Å². The number of carbonyl (C=O) groups excluding carboxylic acids is 1. The first-order valence-corrected chi connectivity index (χ1v) is 5.84. The Balaban J connectivity index is 2.48. The Hall–Kier alpha value is -2.12. The zero-order valence-electron chi connectivity index (χ0n) is 11.5. The number of carboxylic acid groups (broad SMARTS) is 1. The molecule has 0 aliphatic carbocycles. The Kier molecular flexibility index (Phi) is 4.47. The zero-order valence-corrected chi connectivity index (χ0v) is 11.5. The molecule has 0 bridgehead atoms. The van der Waals surface area contributed by atoms with Crippen LogP contribution in [0.1, 0.15) is 19.7 Å².